The zero-order valence-corrected chi connectivity index (χ0v) is 6.43. The topological polar surface area (TPSA) is 73.2 Å². The van der Waals surface area contributed by atoms with Crippen LogP contribution in [-0.2, 0) is 0 Å². The van der Waals surface area contributed by atoms with E-state index in [1.54, 1.807) is 0 Å². The van der Waals surface area contributed by atoms with E-state index in [1.807, 2.05) is 0 Å². The van der Waals surface area contributed by atoms with Crippen molar-refractivity contribution in [2.24, 2.45) is 26.4 Å². The van der Waals surface area contributed by atoms with Gasteiger partial charge in [0.05, 0.1) is 12.0 Å². The molecule has 0 aromatic carbocycles. The van der Waals surface area contributed by atoms with Crippen LogP contribution in [0.25, 0.3) is 0 Å². The smallest absolute Gasteiger partial charge is 0.198 e. The quantitative estimate of drug-likeness (QED) is 0.532. The summed E-state index contributed by atoms with van der Waals surface area (Å²) in [5, 5.41) is 24.8. The Morgan fingerprint density at radius 3 is 2.50 bits per heavy atom. The lowest BCUT2D eigenvalue weighted by Crippen LogP contribution is -2.43. The molecule has 5 nitrogen and oxygen atoms in total. The zero-order chi connectivity index (χ0) is 8.23. The van der Waals surface area contributed by atoms with Gasteiger partial charge in [0.1, 0.15) is 0 Å². The summed E-state index contributed by atoms with van der Waals surface area (Å²) in [7, 11) is 0. The Morgan fingerprint density at radius 1 is 1.25 bits per heavy atom. The molecule has 3 aliphatic rings. The third-order valence-corrected chi connectivity index (χ3v) is 2.91. The van der Waals surface area contributed by atoms with E-state index in [0.717, 1.165) is 19.3 Å². The second kappa shape index (κ2) is 1.56. The number of nitriles is 1. The van der Waals surface area contributed by atoms with Crippen molar-refractivity contribution in [1.82, 2.24) is 0 Å². The lowest BCUT2D eigenvalue weighted by atomic mass is 9.76. The molecule has 0 N–H and O–H groups in total. The average molecular weight is 161 g/mol. The monoisotopic (exact) mass is 161 g/mol. The Bertz CT molecular complexity index is 324. The molecule has 12 heavy (non-hydrogen) atoms. The van der Waals surface area contributed by atoms with Gasteiger partial charge >= 0.3 is 0 Å². The molecule has 3 rings (SSSR count). The molecule has 2 heterocycles. The fourth-order valence-corrected chi connectivity index (χ4v) is 2.03. The highest BCUT2D eigenvalue weighted by atomic mass is 15.6. The molecule has 1 atom stereocenters. The molecule has 0 saturated heterocycles. The van der Waals surface area contributed by atoms with Crippen LogP contribution in [0.15, 0.2) is 20.5 Å². The normalized spacial score (nSPS) is 36.8. The molecule has 5 heteroatoms. The Labute approximate surface area is 69.2 Å². The Kier molecular flexibility index (Phi) is 0.808. The second-order valence-corrected chi connectivity index (χ2v) is 3.52. The first-order chi connectivity index (χ1) is 5.83. The molecule has 0 bridgehead atoms. The molecule has 1 fully saturated rings. The molecule has 1 saturated carbocycles. The highest BCUT2D eigenvalue weighted by Gasteiger charge is 2.72. The van der Waals surface area contributed by atoms with Gasteiger partial charge in [0, 0.05) is 6.42 Å². The summed E-state index contributed by atoms with van der Waals surface area (Å²) >= 11 is 0. The summed E-state index contributed by atoms with van der Waals surface area (Å²) in [5.74, 6) is -0.0961. The molecule has 0 radical (unpaired) electrons. The van der Waals surface area contributed by atoms with Crippen molar-refractivity contribution < 1.29 is 0 Å². The molecule has 0 aromatic heterocycles. The van der Waals surface area contributed by atoms with Gasteiger partial charge in [-0.3, -0.25) is 0 Å². The maximum atomic E-state index is 8.87. The van der Waals surface area contributed by atoms with Crippen molar-refractivity contribution >= 4 is 0 Å². The highest BCUT2D eigenvalue weighted by molar-refractivity contribution is 5.26. The molecule has 1 unspecified atom stereocenters. The van der Waals surface area contributed by atoms with E-state index in [9.17, 15) is 0 Å². The van der Waals surface area contributed by atoms with Gasteiger partial charge in [0.2, 0.25) is 5.66 Å². The third kappa shape index (κ3) is 0.481. The third-order valence-electron chi connectivity index (χ3n) is 2.91. The second-order valence-electron chi connectivity index (χ2n) is 3.52. The van der Waals surface area contributed by atoms with Gasteiger partial charge in [0.15, 0.2) is 0 Å². The van der Waals surface area contributed by atoms with Crippen LogP contribution >= 0.6 is 0 Å². The summed E-state index contributed by atoms with van der Waals surface area (Å²) in [5.41, 5.74) is -0.939. The summed E-state index contributed by atoms with van der Waals surface area (Å²) < 4.78 is 0. The van der Waals surface area contributed by atoms with E-state index in [1.165, 1.54) is 0 Å². The first kappa shape index (κ1) is 6.23. The molecular weight excluding hydrogens is 154 g/mol. The minimum absolute atomic E-state index is 0.0961. The van der Waals surface area contributed by atoms with E-state index in [-0.39, 0.29) is 5.92 Å². The minimum Gasteiger partial charge on any atom is -0.198 e. The molecule has 0 aromatic rings. The van der Waals surface area contributed by atoms with Crippen LogP contribution in [0.2, 0.25) is 0 Å². The van der Waals surface area contributed by atoms with Gasteiger partial charge in [-0.2, -0.15) is 25.7 Å². The fraction of sp³-hybridized carbons (Fsp3) is 0.857. The van der Waals surface area contributed by atoms with Gasteiger partial charge in [-0.25, -0.2) is 0 Å². The lowest BCUT2D eigenvalue weighted by Gasteiger charge is -2.26. The predicted molar refractivity (Wildman–Crippen MR) is 38.1 cm³/mol. The number of rotatable bonds is 0. The van der Waals surface area contributed by atoms with Gasteiger partial charge in [0.25, 0.3) is 5.66 Å². The number of nitrogens with zero attached hydrogens (tertiary/aromatic N) is 5. The fourth-order valence-electron chi connectivity index (χ4n) is 2.03. The van der Waals surface area contributed by atoms with Crippen molar-refractivity contribution in [1.29, 1.82) is 5.26 Å². The molecular formula is C7H7N5. The number of fused-ring (bicyclic) bond motifs is 1. The lowest BCUT2D eigenvalue weighted by molar-refractivity contribution is 0.246. The predicted octanol–water partition coefficient (Wildman–Crippen LogP) is 1.63. The molecule has 2 aliphatic heterocycles. The van der Waals surface area contributed by atoms with E-state index in [2.05, 4.69) is 26.5 Å². The largest absolute Gasteiger partial charge is 0.254 e. The van der Waals surface area contributed by atoms with Crippen LogP contribution in [-0.4, -0.2) is 11.3 Å². The van der Waals surface area contributed by atoms with E-state index < -0.39 is 11.3 Å². The first-order valence-electron chi connectivity index (χ1n) is 4.11. The van der Waals surface area contributed by atoms with Crippen LogP contribution in [0.5, 0.6) is 0 Å². The minimum atomic E-state index is -0.542. The maximum Gasteiger partial charge on any atom is 0.254 e. The first-order valence-corrected chi connectivity index (χ1v) is 4.11. The van der Waals surface area contributed by atoms with Crippen LogP contribution < -0.4 is 0 Å². The van der Waals surface area contributed by atoms with Gasteiger partial charge in [-0.15, -0.1) is 0 Å². The van der Waals surface area contributed by atoms with Gasteiger partial charge in [-0.05, 0) is 12.8 Å². The highest BCUT2D eigenvalue weighted by Crippen LogP contribution is 2.60. The summed E-state index contributed by atoms with van der Waals surface area (Å²) in [6, 6.07) is 2.24. The standard InChI is InChI=1S/C7H7N5/c8-4-5-2-1-3-6(9-10-6)7(5)11-12-7/h5H,1-3H2. The van der Waals surface area contributed by atoms with Crippen LogP contribution in [0.4, 0.5) is 0 Å². The molecule has 2 spiro atoms. The number of hydrogen-bond donors (Lipinski definition) is 0. The van der Waals surface area contributed by atoms with Crippen molar-refractivity contribution in [2.75, 3.05) is 0 Å². The molecule has 0 amide bonds. The van der Waals surface area contributed by atoms with Crippen molar-refractivity contribution in [2.45, 2.75) is 30.6 Å². The van der Waals surface area contributed by atoms with Crippen molar-refractivity contribution in [3.05, 3.63) is 0 Å². The van der Waals surface area contributed by atoms with Crippen molar-refractivity contribution in [3.8, 4) is 6.07 Å². The van der Waals surface area contributed by atoms with E-state index in [0.29, 0.717) is 0 Å². The molecule has 1 aliphatic carbocycles. The van der Waals surface area contributed by atoms with E-state index in [4.69, 9.17) is 5.26 Å². The van der Waals surface area contributed by atoms with Gasteiger partial charge in [-0.1, -0.05) is 0 Å². The van der Waals surface area contributed by atoms with Crippen LogP contribution in [0.1, 0.15) is 19.3 Å². The summed E-state index contributed by atoms with van der Waals surface area (Å²) in [4.78, 5) is 0. The summed E-state index contributed by atoms with van der Waals surface area (Å²) in [6.45, 7) is 0. The maximum absolute atomic E-state index is 8.87. The summed E-state index contributed by atoms with van der Waals surface area (Å²) in [6.07, 6.45) is 2.81. The van der Waals surface area contributed by atoms with E-state index >= 15 is 0 Å². The average Bonchev–Trinajstić information content (AvgIpc) is 2.88. The zero-order valence-electron chi connectivity index (χ0n) is 6.43. The van der Waals surface area contributed by atoms with Crippen molar-refractivity contribution in [3.63, 3.8) is 0 Å². The van der Waals surface area contributed by atoms with Crippen LogP contribution in [0, 0.1) is 17.2 Å². The van der Waals surface area contributed by atoms with Crippen LogP contribution in [0.3, 0.4) is 0 Å². The number of hydrogen-bond acceptors (Lipinski definition) is 5. The Morgan fingerprint density at radius 2 is 2.00 bits per heavy atom. The Balaban J connectivity index is 1.96. The Hall–Kier alpha value is -1.31. The SMILES string of the molecule is N#CC1CCCC2(N=N2)C12N=N2. The molecule has 60 valence electrons. The van der Waals surface area contributed by atoms with Gasteiger partial charge < -0.3 is 0 Å².